The number of anilines is 1. The first-order valence-corrected chi connectivity index (χ1v) is 10.8. The predicted octanol–water partition coefficient (Wildman–Crippen LogP) is 3.25. The number of carbonyl (C=O) groups is 1. The van der Waals surface area contributed by atoms with Crippen LogP contribution in [0.25, 0.3) is 12.2 Å². The summed E-state index contributed by atoms with van der Waals surface area (Å²) in [6, 6.07) is 3.30. The first kappa shape index (κ1) is 18.8. The van der Waals surface area contributed by atoms with E-state index >= 15 is 0 Å². The minimum Gasteiger partial charge on any atom is -0.354 e. The maximum atomic E-state index is 12.1. The van der Waals surface area contributed by atoms with Crippen molar-refractivity contribution in [1.29, 1.82) is 0 Å². The van der Waals surface area contributed by atoms with Gasteiger partial charge in [0.05, 0.1) is 0 Å². The molecule has 9 heteroatoms. The van der Waals surface area contributed by atoms with Crippen molar-refractivity contribution in [3.8, 4) is 0 Å². The maximum absolute atomic E-state index is 12.1. The Balaban J connectivity index is 1.74. The second kappa shape index (κ2) is 7.73. The van der Waals surface area contributed by atoms with Gasteiger partial charge in [0.25, 0.3) is 0 Å². The van der Waals surface area contributed by atoms with Crippen molar-refractivity contribution in [2.45, 2.75) is 37.3 Å². The van der Waals surface area contributed by atoms with E-state index in [9.17, 15) is 13.2 Å². The Bertz CT molecular complexity index is 924. The first-order chi connectivity index (χ1) is 12.4. The number of rotatable bonds is 8. The summed E-state index contributed by atoms with van der Waals surface area (Å²) in [5.74, 6) is 0.512. The van der Waals surface area contributed by atoms with Gasteiger partial charge in [0.2, 0.25) is 15.9 Å². The van der Waals surface area contributed by atoms with Crippen LogP contribution in [0.15, 0.2) is 20.9 Å². The summed E-state index contributed by atoms with van der Waals surface area (Å²) < 4.78 is 32.3. The normalized spacial score (nSPS) is 14.8. The monoisotopic (exact) mass is 395 g/mol. The number of carbonyl (C=O) groups excluding carboxylic acids is 1. The molecule has 2 aromatic rings. The van der Waals surface area contributed by atoms with Crippen LogP contribution in [0.3, 0.4) is 0 Å². The third kappa shape index (κ3) is 4.40. The summed E-state index contributed by atoms with van der Waals surface area (Å²) in [5.41, 5.74) is 1.17. The van der Waals surface area contributed by atoms with Gasteiger partial charge in [-0.1, -0.05) is 12.1 Å². The molecule has 1 aliphatic carbocycles. The van der Waals surface area contributed by atoms with Gasteiger partial charge in [-0.2, -0.15) is 0 Å². The van der Waals surface area contributed by atoms with Crippen molar-refractivity contribution < 1.29 is 17.7 Å². The number of nitrogens with one attached hydrogen (secondary N) is 2. The molecule has 0 unspecified atom stereocenters. The van der Waals surface area contributed by atoms with Gasteiger partial charge in [0, 0.05) is 17.3 Å². The molecule has 2 aromatic heterocycles. The molecule has 0 atom stereocenters. The average molecular weight is 396 g/mol. The fourth-order valence-electron chi connectivity index (χ4n) is 2.26. The zero-order valence-electron chi connectivity index (χ0n) is 14.6. The molecule has 0 saturated heterocycles. The molecular weight excluding hydrogens is 374 g/mol. The van der Waals surface area contributed by atoms with Gasteiger partial charge in [-0.15, -0.1) is 11.3 Å². The molecule has 3 rings (SSSR count). The molecule has 1 aliphatic rings. The minimum atomic E-state index is -3.47. The molecular formula is C17H21N3O4S2. The number of nitrogens with zero attached hydrogens (tertiary/aromatic N) is 1. The Labute approximate surface area is 156 Å². The molecule has 1 fully saturated rings. The van der Waals surface area contributed by atoms with Crippen LogP contribution in [-0.4, -0.2) is 26.0 Å². The summed E-state index contributed by atoms with van der Waals surface area (Å²) in [6.07, 6.45) is 6.00. The van der Waals surface area contributed by atoms with Crippen LogP contribution in [0.1, 0.15) is 42.5 Å². The number of aryl methyl sites for hydroxylation is 1. The summed E-state index contributed by atoms with van der Waals surface area (Å²) in [6.45, 7) is 4.08. The Kier molecular flexibility index (Phi) is 5.59. The van der Waals surface area contributed by atoms with Crippen molar-refractivity contribution >= 4 is 45.1 Å². The van der Waals surface area contributed by atoms with Crippen molar-refractivity contribution in [3.63, 3.8) is 0 Å². The zero-order valence-corrected chi connectivity index (χ0v) is 16.2. The molecule has 2 heterocycles. The van der Waals surface area contributed by atoms with Gasteiger partial charge in [0.15, 0.2) is 5.76 Å². The lowest BCUT2D eigenvalue weighted by atomic mass is 10.2. The molecule has 0 aliphatic heterocycles. The molecule has 0 bridgehead atoms. The lowest BCUT2D eigenvalue weighted by Crippen LogP contribution is -2.23. The lowest BCUT2D eigenvalue weighted by Gasteiger charge is -2.02. The van der Waals surface area contributed by atoms with Gasteiger partial charge in [0.1, 0.15) is 15.6 Å². The van der Waals surface area contributed by atoms with Crippen molar-refractivity contribution in [1.82, 2.24) is 9.88 Å². The van der Waals surface area contributed by atoms with E-state index in [1.54, 1.807) is 31.2 Å². The van der Waals surface area contributed by atoms with E-state index in [-0.39, 0.29) is 16.0 Å². The number of sulfonamides is 1. The predicted molar refractivity (Wildman–Crippen MR) is 101 cm³/mol. The minimum absolute atomic E-state index is 0.0162. The number of aromatic nitrogens is 1. The Hall–Kier alpha value is -1.97. The largest absolute Gasteiger partial charge is 0.354 e. The van der Waals surface area contributed by atoms with Gasteiger partial charge in [-0.3, -0.25) is 4.79 Å². The van der Waals surface area contributed by atoms with Crippen LogP contribution >= 0.6 is 11.3 Å². The summed E-state index contributed by atoms with van der Waals surface area (Å²) in [7, 11) is -3.47. The highest BCUT2D eigenvalue weighted by atomic mass is 32.2. The summed E-state index contributed by atoms with van der Waals surface area (Å²) in [5, 5.41) is 6.76. The Morgan fingerprint density at radius 3 is 2.85 bits per heavy atom. The van der Waals surface area contributed by atoms with Crippen LogP contribution in [-0.2, 0) is 14.8 Å². The number of hydrogen-bond acceptors (Lipinski definition) is 6. The van der Waals surface area contributed by atoms with Crippen LogP contribution in [0, 0.1) is 12.8 Å². The van der Waals surface area contributed by atoms with Crippen LogP contribution < -0.4 is 10.0 Å². The highest BCUT2D eigenvalue weighted by Crippen LogP contribution is 2.32. The van der Waals surface area contributed by atoms with Gasteiger partial charge in [-0.05, 0) is 50.5 Å². The third-order valence-electron chi connectivity index (χ3n) is 3.89. The molecule has 0 spiro atoms. The van der Waals surface area contributed by atoms with Gasteiger partial charge < -0.3 is 9.84 Å². The topological polar surface area (TPSA) is 101 Å². The van der Waals surface area contributed by atoms with Crippen LogP contribution in [0.4, 0.5) is 5.69 Å². The summed E-state index contributed by atoms with van der Waals surface area (Å²) in [4.78, 5) is 12.7. The van der Waals surface area contributed by atoms with Crippen molar-refractivity contribution in [2.24, 2.45) is 5.92 Å². The van der Waals surface area contributed by atoms with Gasteiger partial charge in [-0.25, -0.2) is 13.1 Å². The quantitative estimate of drug-likeness (QED) is 0.714. The first-order valence-electron chi connectivity index (χ1n) is 8.45. The van der Waals surface area contributed by atoms with Gasteiger partial charge >= 0.3 is 0 Å². The van der Waals surface area contributed by atoms with E-state index in [1.807, 2.05) is 6.92 Å². The molecule has 0 aromatic carbocycles. The number of thiophene rings is 1. The highest BCUT2D eigenvalue weighted by Gasteiger charge is 2.30. The van der Waals surface area contributed by atoms with E-state index in [1.165, 1.54) is 0 Å². The molecule has 1 amide bonds. The molecule has 7 nitrogen and oxygen atoms in total. The molecule has 26 heavy (non-hydrogen) atoms. The fraction of sp³-hybridized carbons (Fsp3) is 0.412. The Morgan fingerprint density at radius 2 is 2.15 bits per heavy atom. The third-order valence-corrected chi connectivity index (χ3v) is 6.90. The van der Waals surface area contributed by atoms with Crippen LogP contribution in [0.5, 0.6) is 0 Å². The van der Waals surface area contributed by atoms with E-state index in [4.69, 9.17) is 4.52 Å². The number of amides is 1. The fourth-order valence-corrected chi connectivity index (χ4v) is 4.66. The second-order valence-electron chi connectivity index (χ2n) is 6.16. The van der Waals surface area contributed by atoms with Crippen LogP contribution in [0.2, 0.25) is 0 Å². The smallest absolute Gasteiger partial charge is 0.250 e. The number of hydrogen-bond donors (Lipinski definition) is 2. The Morgan fingerprint density at radius 1 is 1.38 bits per heavy atom. The summed E-state index contributed by atoms with van der Waals surface area (Å²) >= 11 is 1.16. The second-order valence-corrected chi connectivity index (χ2v) is 9.27. The average Bonchev–Trinajstić information content (AvgIpc) is 3.26. The van der Waals surface area contributed by atoms with Crippen molar-refractivity contribution in [3.05, 3.63) is 28.5 Å². The van der Waals surface area contributed by atoms with E-state index in [0.717, 1.165) is 35.5 Å². The van der Waals surface area contributed by atoms with E-state index in [2.05, 4.69) is 15.2 Å². The maximum Gasteiger partial charge on any atom is 0.250 e. The zero-order chi connectivity index (χ0) is 18.7. The molecule has 2 N–H and O–H groups in total. The van der Waals surface area contributed by atoms with E-state index in [0.29, 0.717) is 23.7 Å². The van der Waals surface area contributed by atoms with Crippen molar-refractivity contribution in [2.75, 3.05) is 11.9 Å². The molecule has 140 valence electrons. The van der Waals surface area contributed by atoms with E-state index < -0.39 is 10.0 Å². The standard InChI is InChI=1S/C17H21N3O4S2/c1-3-10-18-26(22,23)15-9-7-13(25-15)6-8-14-16(11(2)20-24-14)19-17(21)12-4-5-12/h6-9,12,18H,3-5,10H2,1-2H3,(H,19,21)/b8-6+. The SMILES string of the molecule is CCCNS(=O)(=O)c1ccc(/C=C/c2onc(C)c2NC(=O)C2CC2)s1. The molecule has 1 saturated carbocycles. The highest BCUT2D eigenvalue weighted by molar-refractivity contribution is 7.91. The molecule has 0 radical (unpaired) electrons. The lowest BCUT2D eigenvalue weighted by molar-refractivity contribution is -0.117.